The minimum absolute atomic E-state index is 0.0769. The lowest BCUT2D eigenvalue weighted by molar-refractivity contribution is -0.101. The maximum Gasteiger partial charge on any atom is 0.100 e. The summed E-state index contributed by atoms with van der Waals surface area (Å²) in [6.07, 6.45) is 5.17. The van der Waals surface area contributed by atoms with Gasteiger partial charge in [-0.2, -0.15) is 5.10 Å². The molecule has 2 rings (SSSR count). The van der Waals surface area contributed by atoms with Gasteiger partial charge in [0.25, 0.3) is 0 Å². The molecule has 0 aliphatic carbocycles. The number of likely N-dealkylation sites (N-methyl/N-ethyl adjacent to an activating group) is 1. The first kappa shape index (κ1) is 12.5. The van der Waals surface area contributed by atoms with Crippen molar-refractivity contribution in [1.29, 1.82) is 0 Å². The molecule has 1 aromatic rings. The zero-order valence-electron chi connectivity index (χ0n) is 10.6. The normalized spacial score (nSPS) is 22.6. The van der Waals surface area contributed by atoms with Gasteiger partial charge in [0.2, 0.25) is 0 Å². The monoisotopic (exact) mass is 239 g/mol. The Bertz CT molecular complexity index is 334. The van der Waals surface area contributed by atoms with Crippen molar-refractivity contribution in [2.45, 2.75) is 32.0 Å². The standard InChI is InChI=1S/C12H21N3O2/c1-3-4-15-8-10(7-14-15)12(13-2)11-9-16-5-6-17-11/h7-8,11-13H,3-6,9H2,1-2H3. The van der Waals surface area contributed by atoms with Gasteiger partial charge in [-0.1, -0.05) is 6.92 Å². The highest BCUT2D eigenvalue weighted by molar-refractivity contribution is 5.12. The first-order valence-electron chi connectivity index (χ1n) is 6.24. The predicted octanol–water partition coefficient (Wildman–Crippen LogP) is 0.969. The van der Waals surface area contributed by atoms with Crippen LogP contribution in [0.4, 0.5) is 0 Å². The molecular formula is C12H21N3O2. The van der Waals surface area contributed by atoms with Gasteiger partial charge in [0.1, 0.15) is 6.10 Å². The van der Waals surface area contributed by atoms with E-state index in [0.29, 0.717) is 19.8 Å². The zero-order valence-corrected chi connectivity index (χ0v) is 10.6. The summed E-state index contributed by atoms with van der Waals surface area (Å²) in [6, 6.07) is 0.154. The lowest BCUT2D eigenvalue weighted by atomic mass is 10.1. The van der Waals surface area contributed by atoms with Crippen molar-refractivity contribution in [3.05, 3.63) is 18.0 Å². The second kappa shape index (κ2) is 6.14. The van der Waals surface area contributed by atoms with Crippen molar-refractivity contribution < 1.29 is 9.47 Å². The molecule has 1 N–H and O–H groups in total. The summed E-state index contributed by atoms with van der Waals surface area (Å²) in [5.74, 6) is 0. The number of aryl methyl sites for hydroxylation is 1. The maximum atomic E-state index is 5.73. The maximum absolute atomic E-state index is 5.73. The van der Waals surface area contributed by atoms with Gasteiger partial charge in [-0.15, -0.1) is 0 Å². The Hall–Kier alpha value is -0.910. The lowest BCUT2D eigenvalue weighted by Gasteiger charge is -2.29. The molecule has 0 spiro atoms. The van der Waals surface area contributed by atoms with Crippen molar-refractivity contribution in [2.24, 2.45) is 0 Å². The quantitative estimate of drug-likeness (QED) is 0.831. The average molecular weight is 239 g/mol. The highest BCUT2D eigenvalue weighted by Crippen LogP contribution is 2.20. The summed E-state index contributed by atoms with van der Waals surface area (Å²) in [7, 11) is 1.94. The second-order valence-electron chi connectivity index (χ2n) is 4.29. The number of aromatic nitrogens is 2. The minimum atomic E-state index is 0.0769. The van der Waals surface area contributed by atoms with Crippen LogP contribution in [0, 0.1) is 0 Å². The number of ether oxygens (including phenoxy) is 2. The van der Waals surface area contributed by atoms with E-state index in [1.807, 2.05) is 17.9 Å². The van der Waals surface area contributed by atoms with Crippen molar-refractivity contribution in [3.63, 3.8) is 0 Å². The Morgan fingerprint density at radius 3 is 3.12 bits per heavy atom. The molecule has 0 amide bonds. The Morgan fingerprint density at radius 2 is 2.47 bits per heavy atom. The Labute approximate surface area is 102 Å². The molecule has 0 bridgehead atoms. The molecule has 0 radical (unpaired) electrons. The first-order chi connectivity index (χ1) is 8.35. The summed E-state index contributed by atoms with van der Waals surface area (Å²) in [5.41, 5.74) is 1.16. The molecule has 2 atom stereocenters. The number of nitrogens with zero attached hydrogens (tertiary/aromatic N) is 2. The minimum Gasteiger partial charge on any atom is -0.376 e. The van der Waals surface area contributed by atoms with Crippen LogP contribution in [-0.4, -0.2) is 42.8 Å². The Balaban J connectivity index is 2.04. The SMILES string of the molecule is CCCn1cc(C(NC)C2COCCO2)cn1. The second-order valence-corrected chi connectivity index (χ2v) is 4.29. The van der Waals surface area contributed by atoms with E-state index in [-0.39, 0.29) is 12.1 Å². The van der Waals surface area contributed by atoms with Crippen LogP contribution in [0.2, 0.25) is 0 Å². The Kier molecular flexibility index (Phi) is 4.53. The summed E-state index contributed by atoms with van der Waals surface area (Å²) in [4.78, 5) is 0. The average Bonchev–Trinajstić information content (AvgIpc) is 2.81. The third-order valence-electron chi connectivity index (χ3n) is 2.99. The van der Waals surface area contributed by atoms with Gasteiger partial charge in [-0.3, -0.25) is 4.68 Å². The van der Waals surface area contributed by atoms with Crippen LogP contribution in [-0.2, 0) is 16.0 Å². The Morgan fingerprint density at radius 1 is 1.59 bits per heavy atom. The van der Waals surface area contributed by atoms with Crippen LogP contribution in [0.5, 0.6) is 0 Å². The van der Waals surface area contributed by atoms with E-state index < -0.39 is 0 Å². The third-order valence-corrected chi connectivity index (χ3v) is 2.99. The fraction of sp³-hybridized carbons (Fsp3) is 0.750. The van der Waals surface area contributed by atoms with Crippen LogP contribution in [0.1, 0.15) is 24.9 Å². The van der Waals surface area contributed by atoms with Crippen LogP contribution in [0.15, 0.2) is 12.4 Å². The van der Waals surface area contributed by atoms with E-state index >= 15 is 0 Å². The molecule has 2 unspecified atom stereocenters. The fourth-order valence-electron chi connectivity index (χ4n) is 2.16. The molecule has 1 saturated heterocycles. The number of rotatable bonds is 5. The molecule has 2 heterocycles. The van der Waals surface area contributed by atoms with E-state index in [0.717, 1.165) is 18.5 Å². The van der Waals surface area contributed by atoms with Crippen LogP contribution >= 0.6 is 0 Å². The number of hydrogen-bond donors (Lipinski definition) is 1. The van der Waals surface area contributed by atoms with Crippen molar-refractivity contribution in [1.82, 2.24) is 15.1 Å². The largest absolute Gasteiger partial charge is 0.376 e. The van der Waals surface area contributed by atoms with Gasteiger partial charge in [0.15, 0.2) is 0 Å². The van der Waals surface area contributed by atoms with Gasteiger partial charge in [-0.05, 0) is 13.5 Å². The van der Waals surface area contributed by atoms with E-state index in [4.69, 9.17) is 9.47 Å². The van der Waals surface area contributed by atoms with Gasteiger partial charge < -0.3 is 14.8 Å². The fourth-order valence-corrected chi connectivity index (χ4v) is 2.16. The van der Waals surface area contributed by atoms with Gasteiger partial charge in [0.05, 0.1) is 32.1 Å². The van der Waals surface area contributed by atoms with E-state index in [2.05, 4.69) is 23.5 Å². The van der Waals surface area contributed by atoms with Crippen LogP contribution in [0.3, 0.4) is 0 Å². The highest BCUT2D eigenvalue weighted by Gasteiger charge is 2.26. The summed E-state index contributed by atoms with van der Waals surface area (Å²) >= 11 is 0. The third kappa shape index (κ3) is 3.06. The smallest absolute Gasteiger partial charge is 0.100 e. The van der Waals surface area contributed by atoms with E-state index in [1.54, 1.807) is 0 Å². The molecule has 1 fully saturated rings. The van der Waals surface area contributed by atoms with E-state index in [9.17, 15) is 0 Å². The van der Waals surface area contributed by atoms with Crippen LogP contribution in [0.25, 0.3) is 0 Å². The molecule has 5 heteroatoms. The molecule has 17 heavy (non-hydrogen) atoms. The summed E-state index contributed by atoms with van der Waals surface area (Å²) in [6.45, 7) is 5.12. The van der Waals surface area contributed by atoms with Gasteiger partial charge >= 0.3 is 0 Å². The van der Waals surface area contributed by atoms with Gasteiger partial charge in [-0.25, -0.2) is 0 Å². The molecule has 1 aliphatic heterocycles. The molecular weight excluding hydrogens is 218 g/mol. The van der Waals surface area contributed by atoms with E-state index in [1.165, 1.54) is 0 Å². The molecule has 0 aromatic carbocycles. The van der Waals surface area contributed by atoms with Crippen LogP contribution < -0.4 is 5.32 Å². The lowest BCUT2D eigenvalue weighted by Crippen LogP contribution is -2.39. The van der Waals surface area contributed by atoms with Crippen molar-refractivity contribution in [3.8, 4) is 0 Å². The summed E-state index contributed by atoms with van der Waals surface area (Å²) < 4.78 is 13.2. The predicted molar refractivity (Wildman–Crippen MR) is 64.9 cm³/mol. The molecule has 5 nitrogen and oxygen atoms in total. The topological polar surface area (TPSA) is 48.3 Å². The highest BCUT2D eigenvalue weighted by atomic mass is 16.6. The molecule has 0 saturated carbocycles. The molecule has 1 aliphatic rings. The summed E-state index contributed by atoms with van der Waals surface area (Å²) in [5, 5.41) is 7.64. The van der Waals surface area contributed by atoms with Gasteiger partial charge in [0, 0.05) is 18.3 Å². The van der Waals surface area contributed by atoms with Crippen molar-refractivity contribution >= 4 is 0 Å². The number of nitrogens with one attached hydrogen (secondary N) is 1. The van der Waals surface area contributed by atoms with Crippen molar-refractivity contribution in [2.75, 3.05) is 26.9 Å². The first-order valence-corrected chi connectivity index (χ1v) is 6.24. The molecule has 96 valence electrons. The zero-order chi connectivity index (χ0) is 12.1. The molecule has 1 aromatic heterocycles. The number of hydrogen-bond acceptors (Lipinski definition) is 4.